The summed E-state index contributed by atoms with van der Waals surface area (Å²) in [6.45, 7) is 4.38. The van der Waals surface area contributed by atoms with Crippen molar-refractivity contribution in [3.63, 3.8) is 0 Å². The highest BCUT2D eigenvalue weighted by Gasteiger charge is 2.15. The molecule has 1 aliphatic heterocycles. The summed E-state index contributed by atoms with van der Waals surface area (Å²) in [4.78, 5) is 17.7. The average molecular weight is 286 g/mol. The van der Waals surface area contributed by atoms with Crippen molar-refractivity contribution < 1.29 is 4.79 Å². The maximum absolute atomic E-state index is 11.5. The molecule has 5 nitrogen and oxygen atoms in total. The maximum Gasteiger partial charge on any atom is 0.223 e. The summed E-state index contributed by atoms with van der Waals surface area (Å²) in [5.41, 5.74) is 0. The standard InChI is InChI=1S/C13H26N4OS/c1-4-14-13(15-8-7-12(18)17(2)3)16-10-11-6-5-9-19-11/h11H,4-10H2,1-3H3,(H2,14,15,16). The molecule has 0 saturated carbocycles. The van der Waals surface area contributed by atoms with E-state index >= 15 is 0 Å². The molecule has 0 radical (unpaired) electrons. The first-order valence-corrected chi connectivity index (χ1v) is 8.02. The van der Waals surface area contributed by atoms with E-state index in [1.807, 2.05) is 18.7 Å². The number of nitrogens with zero attached hydrogens (tertiary/aromatic N) is 2. The van der Waals surface area contributed by atoms with E-state index in [2.05, 4.69) is 15.6 Å². The van der Waals surface area contributed by atoms with Gasteiger partial charge in [-0.15, -0.1) is 0 Å². The van der Waals surface area contributed by atoms with Gasteiger partial charge >= 0.3 is 0 Å². The van der Waals surface area contributed by atoms with Crippen molar-refractivity contribution in [3.05, 3.63) is 0 Å². The van der Waals surface area contributed by atoms with Crippen LogP contribution in [0.1, 0.15) is 26.2 Å². The third kappa shape index (κ3) is 6.71. The zero-order chi connectivity index (χ0) is 14.1. The van der Waals surface area contributed by atoms with Gasteiger partial charge in [0.05, 0.1) is 6.54 Å². The Kier molecular flexibility index (Phi) is 7.70. The van der Waals surface area contributed by atoms with E-state index in [1.165, 1.54) is 18.6 Å². The summed E-state index contributed by atoms with van der Waals surface area (Å²) in [5.74, 6) is 2.22. The highest BCUT2D eigenvalue weighted by atomic mass is 32.2. The Bertz CT molecular complexity index is 301. The third-order valence-electron chi connectivity index (χ3n) is 2.95. The predicted molar refractivity (Wildman–Crippen MR) is 82.8 cm³/mol. The van der Waals surface area contributed by atoms with Crippen molar-refractivity contribution in [2.24, 2.45) is 4.99 Å². The van der Waals surface area contributed by atoms with Crippen LogP contribution in [0.5, 0.6) is 0 Å². The van der Waals surface area contributed by atoms with Crippen LogP contribution >= 0.6 is 11.8 Å². The first kappa shape index (κ1) is 16.1. The van der Waals surface area contributed by atoms with Gasteiger partial charge in [-0.25, -0.2) is 0 Å². The molecule has 1 unspecified atom stereocenters. The highest BCUT2D eigenvalue weighted by molar-refractivity contribution is 8.00. The Morgan fingerprint density at radius 1 is 1.42 bits per heavy atom. The van der Waals surface area contributed by atoms with Gasteiger partial charge in [0.25, 0.3) is 0 Å². The molecule has 110 valence electrons. The molecule has 1 aliphatic rings. The second-order valence-corrected chi connectivity index (χ2v) is 6.23. The number of guanidine groups is 1. The Morgan fingerprint density at radius 3 is 2.79 bits per heavy atom. The van der Waals surface area contributed by atoms with Crippen molar-refractivity contribution in [1.82, 2.24) is 15.5 Å². The number of hydrogen-bond donors (Lipinski definition) is 2. The Balaban J connectivity index is 2.30. The molecule has 6 heteroatoms. The molecule has 1 heterocycles. The van der Waals surface area contributed by atoms with E-state index < -0.39 is 0 Å². The van der Waals surface area contributed by atoms with Gasteiger partial charge in [0.15, 0.2) is 5.96 Å². The van der Waals surface area contributed by atoms with Gasteiger partial charge in [-0.3, -0.25) is 9.79 Å². The first-order chi connectivity index (χ1) is 9.13. The van der Waals surface area contributed by atoms with E-state index in [1.54, 1.807) is 19.0 Å². The lowest BCUT2D eigenvalue weighted by atomic mass is 10.2. The molecule has 1 rings (SSSR count). The fraction of sp³-hybridized carbons (Fsp3) is 0.846. The lowest BCUT2D eigenvalue weighted by Crippen LogP contribution is -2.39. The first-order valence-electron chi connectivity index (χ1n) is 6.97. The summed E-state index contributed by atoms with van der Waals surface area (Å²) >= 11 is 2.01. The largest absolute Gasteiger partial charge is 0.357 e. The molecule has 1 amide bonds. The topological polar surface area (TPSA) is 56.7 Å². The van der Waals surface area contributed by atoms with E-state index in [0.29, 0.717) is 18.2 Å². The normalized spacial score (nSPS) is 19.3. The lowest BCUT2D eigenvalue weighted by molar-refractivity contribution is -0.128. The second kappa shape index (κ2) is 9.07. The summed E-state index contributed by atoms with van der Waals surface area (Å²) in [5, 5.41) is 7.09. The number of nitrogens with one attached hydrogen (secondary N) is 2. The van der Waals surface area contributed by atoms with E-state index in [0.717, 1.165) is 19.0 Å². The van der Waals surface area contributed by atoms with Gasteiger partial charge < -0.3 is 15.5 Å². The van der Waals surface area contributed by atoms with Crippen molar-refractivity contribution in [2.75, 3.05) is 39.5 Å². The van der Waals surface area contributed by atoms with Crippen LogP contribution in [0, 0.1) is 0 Å². The highest BCUT2D eigenvalue weighted by Crippen LogP contribution is 2.25. The third-order valence-corrected chi connectivity index (χ3v) is 4.33. The molecule has 1 saturated heterocycles. The van der Waals surface area contributed by atoms with Gasteiger partial charge in [-0.2, -0.15) is 11.8 Å². The molecule has 0 spiro atoms. The van der Waals surface area contributed by atoms with Crippen LogP contribution in [0.3, 0.4) is 0 Å². The van der Waals surface area contributed by atoms with Crippen LogP contribution in [0.25, 0.3) is 0 Å². The number of amides is 1. The molecular formula is C13H26N4OS. The Hall–Kier alpha value is -0.910. The van der Waals surface area contributed by atoms with E-state index in [9.17, 15) is 4.79 Å². The second-order valence-electron chi connectivity index (χ2n) is 4.82. The van der Waals surface area contributed by atoms with Gasteiger partial charge in [0, 0.05) is 38.9 Å². The minimum Gasteiger partial charge on any atom is -0.357 e. The summed E-state index contributed by atoms with van der Waals surface area (Å²) in [7, 11) is 3.55. The molecule has 0 aromatic rings. The van der Waals surface area contributed by atoms with Crippen LogP contribution in [0.15, 0.2) is 4.99 Å². The molecule has 19 heavy (non-hydrogen) atoms. The molecule has 0 aromatic heterocycles. The molecular weight excluding hydrogens is 260 g/mol. The van der Waals surface area contributed by atoms with E-state index in [4.69, 9.17) is 0 Å². The van der Waals surface area contributed by atoms with E-state index in [-0.39, 0.29) is 5.91 Å². The number of thioether (sulfide) groups is 1. The molecule has 2 N–H and O–H groups in total. The number of rotatable bonds is 6. The van der Waals surface area contributed by atoms with Crippen LogP contribution < -0.4 is 10.6 Å². The minimum atomic E-state index is 0.134. The van der Waals surface area contributed by atoms with Crippen LogP contribution in [-0.4, -0.2) is 61.5 Å². The average Bonchev–Trinajstić information content (AvgIpc) is 2.88. The van der Waals surface area contributed by atoms with Gasteiger partial charge in [-0.05, 0) is 25.5 Å². The molecule has 0 bridgehead atoms. The maximum atomic E-state index is 11.5. The summed E-state index contributed by atoms with van der Waals surface area (Å²) in [6.07, 6.45) is 3.08. The predicted octanol–water partition coefficient (Wildman–Crippen LogP) is 0.915. The van der Waals surface area contributed by atoms with Gasteiger partial charge in [0.1, 0.15) is 0 Å². The summed E-state index contributed by atoms with van der Waals surface area (Å²) < 4.78 is 0. The number of carbonyl (C=O) groups excluding carboxylic acids is 1. The van der Waals surface area contributed by atoms with Gasteiger partial charge in [-0.1, -0.05) is 0 Å². The van der Waals surface area contributed by atoms with Crippen molar-refractivity contribution in [2.45, 2.75) is 31.4 Å². The zero-order valence-corrected chi connectivity index (χ0v) is 13.1. The van der Waals surface area contributed by atoms with Crippen LogP contribution in [0.2, 0.25) is 0 Å². The molecule has 0 aliphatic carbocycles. The fourth-order valence-electron chi connectivity index (χ4n) is 1.83. The van der Waals surface area contributed by atoms with Crippen molar-refractivity contribution in [3.8, 4) is 0 Å². The fourth-order valence-corrected chi connectivity index (χ4v) is 3.01. The number of hydrogen-bond acceptors (Lipinski definition) is 3. The lowest BCUT2D eigenvalue weighted by Gasteiger charge is -2.14. The van der Waals surface area contributed by atoms with Crippen LogP contribution in [-0.2, 0) is 4.79 Å². The smallest absolute Gasteiger partial charge is 0.223 e. The van der Waals surface area contributed by atoms with Crippen molar-refractivity contribution >= 4 is 23.6 Å². The minimum absolute atomic E-state index is 0.134. The quantitative estimate of drug-likeness (QED) is 0.563. The zero-order valence-electron chi connectivity index (χ0n) is 12.2. The van der Waals surface area contributed by atoms with Gasteiger partial charge in [0.2, 0.25) is 5.91 Å². The monoisotopic (exact) mass is 286 g/mol. The number of aliphatic imine (C=N–C) groups is 1. The van der Waals surface area contributed by atoms with Crippen LogP contribution in [0.4, 0.5) is 0 Å². The SMILES string of the molecule is CCNC(=NCC1CCCS1)NCCC(=O)N(C)C. The molecule has 0 aromatic carbocycles. The summed E-state index contributed by atoms with van der Waals surface area (Å²) in [6, 6.07) is 0. The van der Waals surface area contributed by atoms with Crippen molar-refractivity contribution in [1.29, 1.82) is 0 Å². The Labute approximate surface area is 120 Å². The molecule has 1 fully saturated rings. The number of carbonyl (C=O) groups is 1. The Morgan fingerprint density at radius 2 is 2.21 bits per heavy atom. The molecule has 1 atom stereocenters.